The summed E-state index contributed by atoms with van der Waals surface area (Å²) in [5.41, 5.74) is 5.59. The van der Waals surface area contributed by atoms with Gasteiger partial charge in [-0.3, -0.25) is 0 Å². The van der Waals surface area contributed by atoms with Gasteiger partial charge in [-0.05, 0) is 19.8 Å². The van der Waals surface area contributed by atoms with E-state index in [1.807, 2.05) is 0 Å². The molecule has 1 fully saturated rings. The first-order valence-electron chi connectivity index (χ1n) is 4.16. The smallest absolute Gasteiger partial charge is 0.231 e. The molecule has 1 aliphatic heterocycles. The fraction of sp³-hybridized carbons (Fsp3) is 0.857. The summed E-state index contributed by atoms with van der Waals surface area (Å²) in [5.74, 6) is 0. The molecule has 2 unspecified atom stereocenters. The third-order valence-electron chi connectivity index (χ3n) is 2.20. The molecular weight excluding hydrogens is 190 g/mol. The molecule has 5 nitrogen and oxygen atoms in total. The van der Waals surface area contributed by atoms with E-state index < -0.39 is 21.4 Å². The molecule has 0 bridgehead atoms. The van der Waals surface area contributed by atoms with E-state index in [1.54, 1.807) is 6.07 Å². The van der Waals surface area contributed by atoms with Crippen LogP contribution < -0.4 is 5.73 Å². The van der Waals surface area contributed by atoms with Gasteiger partial charge in [0, 0.05) is 6.54 Å². The maximum atomic E-state index is 11.6. The van der Waals surface area contributed by atoms with Crippen LogP contribution in [0.15, 0.2) is 0 Å². The Balaban J connectivity index is 2.88. The van der Waals surface area contributed by atoms with Crippen molar-refractivity contribution in [2.75, 3.05) is 6.54 Å². The number of nitriles is 1. The van der Waals surface area contributed by atoms with Gasteiger partial charge in [-0.15, -0.1) is 0 Å². The van der Waals surface area contributed by atoms with E-state index in [-0.39, 0.29) is 0 Å². The molecule has 6 heteroatoms. The Morgan fingerprint density at radius 2 is 2.31 bits per heavy atom. The molecule has 0 aliphatic carbocycles. The van der Waals surface area contributed by atoms with Crippen LogP contribution in [0, 0.1) is 11.3 Å². The Morgan fingerprint density at radius 3 is 2.69 bits per heavy atom. The Bertz CT molecular complexity index is 319. The molecule has 0 aromatic carbocycles. The van der Waals surface area contributed by atoms with Gasteiger partial charge >= 0.3 is 0 Å². The highest BCUT2D eigenvalue weighted by atomic mass is 32.2. The van der Waals surface area contributed by atoms with Gasteiger partial charge in [-0.2, -0.15) is 9.57 Å². The highest BCUT2D eigenvalue weighted by molar-refractivity contribution is 7.90. The molecule has 1 aliphatic rings. The Morgan fingerprint density at radius 1 is 1.69 bits per heavy atom. The van der Waals surface area contributed by atoms with Gasteiger partial charge in [0.05, 0.1) is 12.2 Å². The maximum absolute atomic E-state index is 11.6. The van der Waals surface area contributed by atoms with Gasteiger partial charge < -0.3 is 5.73 Å². The van der Waals surface area contributed by atoms with Gasteiger partial charge in [0.1, 0.15) is 0 Å². The van der Waals surface area contributed by atoms with Crippen LogP contribution in [0.4, 0.5) is 0 Å². The monoisotopic (exact) mass is 203 g/mol. The molecule has 0 aromatic rings. The van der Waals surface area contributed by atoms with Gasteiger partial charge in [0.2, 0.25) is 10.0 Å². The van der Waals surface area contributed by atoms with Crippen molar-refractivity contribution in [3.05, 3.63) is 0 Å². The van der Waals surface area contributed by atoms with Crippen LogP contribution in [-0.4, -0.2) is 30.7 Å². The summed E-state index contributed by atoms with van der Waals surface area (Å²) >= 11 is 0. The van der Waals surface area contributed by atoms with Crippen LogP contribution in [-0.2, 0) is 10.0 Å². The predicted molar refractivity (Wildman–Crippen MR) is 47.9 cm³/mol. The second kappa shape index (κ2) is 3.62. The summed E-state index contributed by atoms with van der Waals surface area (Å²) in [5, 5.41) is 7.52. The van der Waals surface area contributed by atoms with Gasteiger partial charge in [-0.25, -0.2) is 8.42 Å². The zero-order valence-corrected chi connectivity index (χ0v) is 8.29. The molecule has 1 heterocycles. The van der Waals surface area contributed by atoms with Crippen molar-refractivity contribution in [1.29, 1.82) is 5.26 Å². The topological polar surface area (TPSA) is 87.2 Å². The average molecular weight is 203 g/mol. The van der Waals surface area contributed by atoms with Crippen LogP contribution in [0.2, 0.25) is 0 Å². The van der Waals surface area contributed by atoms with Crippen molar-refractivity contribution in [1.82, 2.24) is 4.31 Å². The van der Waals surface area contributed by atoms with Gasteiger partial charge in [0.25, 0.3) is 0 Å². The second-order valence-electron chi connectivity index (χ2n) is 3.14. The molecule has 74 valence electrons. The first kappa shape index (κ1) is 10.4. The SMILES string of the molecule is CC(C#N)S(=O)(=O)N1CCCC1N. The van der Waals surface area contributed by atoms with Crippen molar-refractivity contribution in [3.63, 3.8) is 0 Å². The van der Waals surface area contributed by atoms with E-state index in [1.165, 1.54) is 11.2 Å². The minimum atomic E-state index is -3.49. The molecule has 1 saturated heterocycles. The van der Waals surface area contributed by atoms with E-state index in [2.05, 4.69) is 0 Å². The van der Waals surface area contributed by atoms with E-state index in [0.717, 1.165) is 6.42 Å². The van der Waals surface area contributed by atoms with Crippen LogP contribution in [0.5, 0.6) is 0 Å². The van der Waals surface area contributed by atoms with Crippen molar-refractivity contribution in [2.45, 2.75) is 31.2 Å². The van der Waals surface area contributed by atoms with Gasteiger partial charge in [0.15, 0.2) is 5.25 Å². The molecule has 1 rings (SSSR count). The Kier molecular flexibility index (Phi) is 2.91. The fourth-order valence-electron chi connectivity index (χ4n) is 1.35. The first-order chi connectivity index (χ1) is 6.00. The van der Waals surface area contributed by atoms with Crippen molar-refractivity contribution in [2.24, 2.45) is 5.73 Å². The molecule has 13 heavy (non-hydrogen) atoms. The standard InChI is InChI=1S/C7H13N3O2S/c1-6(5-8)13(11,12)10-4-2-3-7(10)9/h6-7H,2-4,9H2,1H3. The molecule has 0 amide bonds. The summed E-state index contributed by atoms with van der Waals surface area (Å²) < 4.78 is 24.4. The largest absolute Gasteiger partial charge is 0.315 e. The minimum Gasteiger partial charge on any atom is -0.315 e. The lowest BCUT2D eigenvalue weighted by Gasteiger charge is -2.21. The van der Waals surface area contributed by atoms with Crippen LogP contribution in [0.3, 0.4) is 0 Å². The maximum Gasteiger partial charge on any atom is 0.231 e. The Labute approximate surface area is 78.2 Å². The van der Waals surface area contributed by atoms with E-state index >= 15 is 0 Å². The highest BCUT2D eigenvalue weighted by Crippen LogP contribution is 2.19. The third-order valence-corrected chi connectivity index (χ3v) is 4.31. The normalized spacial score (nSPS) is 27.0. The average Bonchev–Trinajstić information content (AvgIpc) is 2.50. The van der Waals surface area contributed by atoms with Crippen molar-refractivity contribution >= 4 is 10.0 Å². The lowest BCUT2D eigenvalue weighted by molar-refractivity contribution is 0.393. The lowest BCUT2D eigenvalue weighted by Crippen LogP contribution is -2.44. The van der Waals surface area contributed by atoms with E-state index in [4.69, 9.17) is 11.0 Å². The molecule has 0 radical (unpaired) electrons. The minimum absolute atomic E-state index is 0.440. The van der Waals surface area contributed by atoms with Crippen LogP contribution in [0.1, 0.15) is 19.8 Å². The van der Waals surface area contributed by atoms with Gasteiger partial charge in [-0.1, -0.05) is 0 Å². The van der Waals surface area contributed by atoms with Crippen LogP contribution in [0.25, 0.3) is 0 Å². The highest BCUT2D eigenvalue weighted by Gasteiger charge is 2.35. The summed E-state index contributed by atoms with van der Waals surface area (Å²) in [7, 11) is -3.49. The molecule has 2 atom stereocenters. The lowest BCUT2D eigenvalue weighted by atomic mass is 10.3. The molecule has 0 spiro atoms. The van der Waals surface area contributed by atoms with E-state index in [0.29, 0.717) is 13.0 Å². The van der Waals surface area contributed by atoms with Crippen LogP contribution >= 0.6 is 0 Å². The van der Waals surface area contributed by atoms with E-state index in [9.17, 15) is 8.42 Å². The number of nitrogens with zero attached hydrogens (tertiary/aromatic N) is 2. The third kappa shape index (κ3) is 1.82. The fourth-order valence-corrected chi connectivity index (χ4v) is 2.76. The number of hydrogen-bond donors (Lipinski definition) is 1. The number of rotatable bonds is 2. The second-order valence-corrected chi connectivity index (χ2v) is 5.34. The molecule has 2 N–H and O–H groups in total. The quantitative estimate of drug-likeness (QED) is 0.662. The summed E-state index contributed by atoms with van der Waals surface area (Å²) in [6.45, 7) is 1.82. The number of hydrogen-bond acceptors (Lipinski definition) is 4. The Hall–Kier alpha value is -0.640. The van der Waals surface area contributed by atoms with Crippen molar-refractivity contribution in [3.8, 4) is 6.07 Å². The summed E-state index contributed by atoms with van der Waals surface area (Å²) in [6, 6.07) is 1.72. The number of sulfonamides is 1. The van der Waals surface area contributed by atoms with Crippen molar-refractivity contribution < 1.29 is 8.42 Å². The summed E-state index contributed by atoms with van der Waals surface area (Å²) in [6.07, 6.45) is 1.01. The zero-order valence-electron chi connectivity index (χ0n) is 7.47. The first-order valence-corrected chi connectivity index (χ1v) is 5.66. The molecule has 0 aromatic heterocycles. The molecular formula is C7H13N3O2S. The molecule has 0 saturated carbocycles. The summed E-state index contributed by atoms with van der Waals surface area (Å²) in [4.78, 5) is 0. The zero-order chi connectivity index (χ0) is 10.1. The number of nitrogens with two attached hydrogens (primary N) is 1. The predicted octanol–water partition coefficient (Wildman–Crippen LogP) is -0.391.